The SMILES string of the molecule is C=CC(=O)NC1CCCC1C(C#N)(c1cccc(F)c1)C1CCN(CC2CN(c3ccc(SC4CC4)cc3)C2)CC1. The highest BCUT2D eigenvalue weighted by atomic mass is 32.2. The Morgan fingerprint density at radius 1 is 1.10 bits per heavy atom. The number of benzene rings is 2. The number of amides is 1. The number of nitrogens with zero attached hydrogens (tertiary/aromatic N) is 3. The van der Waals surface area contributed by atoms with E-state index < -0.39 is 5.41 Å². The number of thioether (sulfide) groups is 1. The number of anilines is 1. The fourth-order valence-electron chi connectivity index (χ4n) is 7.60. The van der Waals surface area contributed by atoms with Crippen molar-refractivity contribution in [1.29, 1.82) is 5.26 Å². The summed E-state index contributed by atoms with van der Waals surface area (Å²) in [5.41, 5.74) is 1.25. The van der Waals surface area contributed by atoms with Crippen molar-refractivity contribution in [1.82, 2.24) is 10.2 Å². The summed E-state index contributed by atoms with van der Waals surface area (Å²) >= 11 is 2.01. The number of carbonyl (C=O) groups is 1. The average Bonchev–Trinajstić information content (AvgIpc) is 3.67. The van der Waals surface area contributed by atoms with Gasteiger partial charge in [-0.3, -0.25) is 4.79 Å². The van der Waals surface area contributed by atoms with Crippen LogP contribution in [0.15, 0.2) is 66.1 Å². The number of halogens is 1. The van der Waals surface area contributed by atoms with Gasteiger partial charge in [0.15, 0.2) is 0 Å². The molecule has 3 atom stereocenters. The molecular weight excluding hydrogens is 531 g/mol. The van der Waals surface area contributed by atoms with Gasteiger partial charge in [-0.05, 0) is 106 Å². The Kier molecular flexibility index (Phi) is 8.42. The molecule has 7 heteroatoms. The highest BCUT2D eigenvalue weighted by molar-refractivity contribution is 8.00. The van der Waals surface area contributed by atoms with Crippen LogP contribution in [-0.2, 0) is 10.2 Å². The van der Waals surface area contributed by atoms with E-state index in [9.17, 15) is 14.4 Å². The summed E-state index contributed by atoms with van der Waals surface area (Å²) < 4.78 is 14.5. The Morgan fingerprint density at radius 3 is 2.51 bits per heavy atom. The third kappa shape index (κ3) is 6.05. The monoisotopic (exact) mass is 572 g/mol. The van der Waals surface area contributed by atoms with Gasteiger partial charge in [-0.25, -0.2) is 4.39 Å². The summed E-state index contributed by atoms with van der Waals surface area (Å²) in [7, 11) is 0. The summed E-state index contributed by atoms with van der Waals surface area (Å²) in [5, 5.41) is 14.8. The molecule has 0 radical (unpaired) electrons. The fourth-order valence-corrected chi connectivity index (χ4v) is 8.65. The van der Waals surface area contributed by atoms with Crippen molar-refractivity contribution in [3.8, 4) is 6.07 Å². The van der Waals surface area contributed by atoms with Gasteiger partial charge < -0.3 is 15.1 Å². The van der Waals surface area contributed by atoms with Crippen LogP contribution in [0.2, 0.25) is 0 Å². The Bertz CT molecular complexity index is 1280. The zero-order valence-electron chi connectivity index (χ0n) is 23.8. The smallest absolute Gasteiger partial charge is 0.243 e. The number of rotatable bonds is 10. The highest BCUT2D eigenvalue weighted by Crippen LogP contribution is 2.50. The summed E-state index contributed by atoms with van der Waals surface area (Å²) in [5.74, 6) is 0.204. The van der Waals surface area contributed by atoms with E-state index in [1.807, 2.05) is 17.8 Å². The van der Waals surface area contributed by atoms with Crippen LogP contribution in [0.25, 0.3) is 0 Å². The predicted octanol–water partition coefficient (Wildman–Crippen LogP) is 6.16. The number of nitrogens with one attached hydrogen (secondary N) is 1. The number of carbonyl (C=O) groups excluding carboxylic acids is 1. The molecule has 4 aliphatic rings. The van der Waals surface area contributed by atoms with Gasteiger partial charge in [0, 0.05) is 53.3 Å². The van der Waals surface area contributed by atoms with Crippen molar-refractivity contribution in [2.45, 2.75) is 66.5 Å². The molecule has 3 unspecified atom stereocenters. The molecule has 5 nitrogen and oxygen atoms in total. The van der Waals surface area contributed by atoms with Gasteiger partial charge in [-0.15, -0.1) is 11.8 Å². The van der Waals surface area contributed by atoms with E-state index in [0.717, 1.165) is 75.6 Å². The van der Waals surface area contributed by atoms with Crippen molar-refractivity contribution in [3.63, 3.8) is 0 Å². The molecule has 4 fully saturated rings. The Morgan fingerprint density at radius 2 is 1.85 bits per heavy atom. The molecule has 6 rings (SSSR count). The lowest BCUT2D eigenvalue weighted by atomic mass is 9.59. The molecular formula is C34H41FN4OS. The lowest BCUT2D eigenvalue weighted by Crippen LogP contribution is -2.55. The molecule has 2 aliphatic heterocycles. The number of hydrogen-bond acceptors (Lipinski definition) is 5. The van der Waals surface area contributed by atoms with E-state index in [4.69, 9.17) is 0 Å². The Balaban J connectivity index is 1.09. The maximum atomic E-state index is 14.5. The minimum Gasteiger partial charge on any atom is -0.371 e. The largest absolute Gasteiger partial charge is 0.371 e. The van der Waals surface area contributed by atoms with E-state index in [1.54, 1.807) is 12.1 Å². The van der Waals surface area contributed by atoms with Crippen LogP contribution in [0.5, 0.6) is 0 Å². The van der Waals surface area contributed by atoms with Gasteiger partial charge in [0.25, 0.3) is 0 Å². The van der Waals surface area contributed by atoms with Crippen molar-refractivity contribution in [2.75, 3.05) is 37.6 Å². The second-order valence-corrected chi connectivity index (χ2v) is 13.9. The van der Waals surface area contributed by atoms with Crippen LogP contribution in [0.3, 0.4) is 0 Å². The molecule has 0 bridgehead atoms. The van der Waals surface area contributed by atoms with Gasteiger partial charge in [-0.1, -0.05) is 25.1 Å². The molecule has 2 saturated heterocycles. The highest BCUT2D eigenvalue weighted by Gasteiger charge is 2.52. The lowest BCUT2D eigenvalue weighted by molar-refractivity contribution is -0.117. The van der Waals surface area contributed by atoms with Crippen molar-refractivity contribution in [2.24, 2.45) is 17.8 Å². The maximum Gasteiger partial charge on any atom is 0.243 e. The number of piperidine rings is 1. The van der Waals surface area contributed by atoms with Gasteiger partial charge in [0.1, 0.15) is 5.82 Å². The van der Waals surface area contributed by atoms with Gasteiger partial charge in [0.05, 0.1) is 11.5 Å². The van der Waals surface area contributed by atoms with Crippen LogP contribution < -0.4 is 10.2 Å². The average molecular weight is 573 g/mol. The maximum absolute atomic E-state index is 14.5. The first kappa shape index (κ1) is 28.3. The van der Waals surface area contributed by atoms with E-state index >= 15 is 0 Å². The standard InChI is InChI=1S/C34H41FN4OS/c1-2-33(40)37-32-8-4-7-31(32)34(23-36,26-5-3-6-27(35)19-26)25-15-17-38(18-16-25)20-24-21-39(22-24)28-9-11-29(12-10-28)41-30-13-14-30/h2-3,5-6,9-12,19,24-25,30-32H,1,4,7-8,13-18,20-22H2,(H,37,40). The lowest BCUT2D eigenvalue weighted by Gasteiger charge is -2.48. The summed E-state index contributed by atoms with van der Waals surface area (Å²) in [6.45, 7) is 8.77. The van der Waals surface area contributed by atoms with Crippen LogP contribution >= 0.6 is 11.8 Å². The molecule has 2 saturated carbocycles. The quantitative estimate of drug-likeness (QED) is 0.346. The molecule has 216 valence electrons. The first-order valence-corrected chi connectivity index (χ1v) is 16.2. The van der Waals surface area contributed by atoms with Crippen molar-refractivity contribution in [3.05, 3.63) is 72.6 Å². The van der Waals surface area contributed by atoms with Crippen LogP contribution in [0, 0.1) is 34.9 Å². The van der Waals surface area contributed by atoms with Crippen LogP contribution in [0.4, 0.5) is 10.1 Å². The number of hydrogen-bond donors (Lipinski definition) is 1. The third-order valence-electron chi connectivity index (χ3n) is 9.84. The molecule has 0 aromatic heterocycles. The van der Waals surface area contributed by atoms with Crippen molar-refractivity contribution >= 4 is 23.4 Å². The second-order valence-electron chi connectivity index (χ2n) is 12.5. The fraction of sp³-hybridized carbons (Fsp3) is 0.529. The van der Waals surface area contributed by atoms with Gasteiger partial charge in [-0.2, -0.15) is 5.26 Å². The number of likely N-dealkylation sites (tertiary alicyclic amines) is 1. The topological polar surface area (TPSA) is 59.4 Å². The van der Waals surface area contributed by atoms with Crippen molar-refractivity contribution < 1.29 is 9.18 Å². The Labute approximate surface area is 248 Å². The van der Waals surface area contributed by atoms with E-state index in [2.05, 4.69) is 52.0 Å². The molecule has 2 aromatic carbocycles. The van der Waals surface area contributed by atoms with E-state index in [0.29, 0.717) is 5.92 Å². The third-order valence-corrected chi connectivity index (χ3v) is 11.2. The molecule has 1 amide bonds. The minimum atomic E-state index is -0.832. The molecule has 41 heavy (non-hydrogen) atoms. The van der Waals surface area contributed by atoms with E-state index in [1.165, 1.54) is 35.6 Å². The summed E-state index contributed by atoms with van der Waals surface area (Å²) in [4.78, 5) is 18.7. The van der Waals surface area contributed by atoms with Gasteiger partial charge >= 0.3 is 0 Å². The number of nitriles is 1. The molecule has 2 aliphatic carbocycles. The molecule has 2 aromatic rings. The molecule has 1 N–H and O–H groups in total. The molecule has 2 heterocycles. The summed E-state index contributed by atoms with van der Waals surface area (Å²) in [6, 6.07) is 18.4. The molecule has 0 spiro atoms. The summed E-state index contributed by atoms with van der Waals surface area (Å²) in [6.07, 6.45) is 8.45. The first-order chi connectivity index (χ1) is 20.0. The zero-order chi connectivity index (χ0) is 28.4. The van der Waals surface area contributed by atoms with Crippen LogP contribution in [0.1, 0.15) is 50.5 Å². The first-order valence-electron chi connectivity index (χ1n) is 15.3. The Hall–Kier alpha value is -2.82. The zero-order valence-corrected chi connectivity index (χ0v) is 24.6. The van der Waals surface area contributed by atoms with E-state index in [-0.39, 0.29) is 29.6 Å². The predicted molar refractivity (Wildman–Crippen MR) is 163 cm³/mol. The second kappa shape index (κ2) is 12.2. The minimum absolute atomic E-state index is 0.0518. The van der Waals surface area contributed by atoms with Gasteiger partial charge in [0.2, 0.25) is 5.91 Å². The normalized spacial score (nSPS) is 25.2. The van der Waals surface area contributed by atoms with Crippen LogP contribution in [-0.4, -0.2) is 54.8 Å².